The number of carbonyl (C=O) groups is 1. The highest BCUT2D eigenvalue weighted by Crippen LogP contribution is 2.34. The fourth-order valence-electron chi connectivity index (χ4n) is 3.32. The van der Waals surface area contributed by atoms with Gasteiger partial charge in [0, 0.05) is 9.75 Å². The van der Waals surface area contributed by atoms with Crippen molar-refractivity contribution >= 4 is 38.8 Å². The maximum Gasteiger partial charge on any atom is 0.230 e. The molecule has 1 N–H and O–H groups in total. The van der Waals surface area contributed by atoms with Crippen LogP contribution in [0, 0.1) is 11.3 Å². The molecule has 0 atom stereocenters. The maximum atomic E-state index is 12.1. The zero-order chi connectivity index (χ0) is 21.4. The molecule has 1 aromatic carbocycles. The molecule has 1 amide bonds. The van der Waals surface area contributed by atoms with Gasteiger partial charge in [-0.05, 0) is 49.1 Å². The van der Waals surface area contributed by atoms with Gasteiger partial charge in [-0.25, -0.2) is 4.98 Å². The van der Waals surface area contributed by atoms with Gasteiger partial charge in [-0.3, -0.25) is 4.79 Å². The van der Waals surface area contributed by atoms with Crippen LogP contribution in [0.4, 0.5) is 0 Å². The van der Waals surface area contributed by atoms with E-state index in [2.05, 4.69) is 57.8 Å². The number of carbonyl (C=O) groups excluding carboxylic acids is 1. The van der Waals surface area contributed by atoms with Crippen LogP contribution in [0.2, 0.25) is 0 Å². The lowest BCUT2D eigenvalue weighted by molar-refractivity contribution is -0.121. The summed E-state index contributed by atoms with van der Waals surface area (Å²) < 4.78 is 6.75. The van der Waals surface area contributed by atoms with Crippen molar-refractivity contribution in [2.45, 2.75) is 44.6 Å². The number of hydrogen-bond acceptors (Lipinski definition) is 8. The summed E-state index contributed by atoms with van der Waals surface area (Å²) in [5.74, 6) is 0.393. The number of thiazole rings is 1. The predicted octanol–water partition coefficient (Wildman–Crippen LogP) is 4.28. The number of thiophene rings is 1. The van der Waals surface area contributed by atoms with Crippen LogP contribution in [-0.2, 0) is 24.1 Å². The van der Waals surface area contributed by atoms with Gasteiger partial charge in [0.1, 0.15) is 17.0 Å². The number of amides is 1. The minimum absolute atomic E-state index is 0.0276. The van der Waals surface area contributed by atoms with Crippen molar-refractivity contribution in [1.82, 2.24) is 20.5 Å². The number of nitrogens with one attached hydrogen (secondary N) is 1. The van der Waals surface area contributed by atoms with E-state index >= 15 is 0 Å². The number of rotatable bonds is 7. The second-order valence-electron chi connectivity index (χ2n) is 7.59. The van der Waals surface area contributed by atoms with Crippen LogP contribution in [0.15, 0.2) is 34.7 Å². The van der Waals surface area contributed by atoms with E-state index in [-0.39, 0.29) is 18.2 Å². The van der Waals surface area contributed by atoms with Gasteiger partial charge in [-0.2, -0.15) is 5.26 Å². The molecule has 156 valence electrons. The fourth-order valence-corrected chi connectivity index (χ4v) is 5.26. The number of aryl methyl sites for hydroxylation is 1. The van der Waals surface area contributed by atoms with Crippen LogP contribution in [-0.4, -0.2) is 26.6 Å². The van der Waals surface area contributed by atoms with Gasteiger partial charge >= 0.3 is 0 Å². The van der Waals surface area contributed by atoms with Gasteiger partial charge in [-0.15, -0.1) is 32.9 Å². The number of benzene rings is 1. The second kappa shape index (κ2) is 7.87. The Labute approximate surface area is 186 Å². The number of nitrogens with zero attached hydrogens (tertiary/aromatic N) is 4. The number of fused-ring (bicyclic) bond motifs is 1. The summed E-state index contributed by atoms with van der Waals surface area (Å²) in [6.45, 7) is 2.17. The number of hydrogen-bond donors (Lipinski definition) is 1. The van der Waals surface area contributed by atoms with Crippen LogP contribution >= 0.6 is 22.7 Å². The van der Waals surface area contributed by atoms with E-state index in [0.717, 1.165) is 21.6 Å². The summed E-state index contributed by atoms with van der Waals surface area (Å²) >= 11 is 3.43. The standard InChI is InChI=1S/C22H19N5O2S2/c1-2-14-4-6-16(30-14)13-3-5-15-17(9-13)31-21(24-15)11-20-27-26-19(29-20)10-18(28)25-22(12-23)7-8-22/h3-6,9H,2,7-8,10-11H2,1H3,(H,25,28). The first-order chi connectivity index (χ1) is 15.1. The first-order valence-corrected chi connectivity index (χ1v) is 11.7. The third-order valence-corrected chi connectivity index (χ3v) is 7.49. The molecule has 9 heteroatoms. The lowest BCUT2D eigenvalue weighted by Crippen LogP contribution is -2.36. The predicted molar refractivity (Wildman–Crippen MR) is 119 cm³/mol. The molecular weight excluding hydrogens is 430 g/mol. The van der Waals surface area contributed by atoms with Crippen molar-refractivity contribution in [2.24, 2.45) is 0 Å². The van der Waals surface area contributed by atoms with Crippen molar-refractivity contribution in [1.29, 1.82) is 5.26 Å². The Kier molecular flexibility index (Phi) is 5.04. The molecule has 1 aliphatic rings. The van der Waals surface area contributed by atoms with E-state index in [1.165, 1.54) is 15.3 Å². The summed E-state index contributed by atoms with van der Waals surface area (Å²) in [4.78, 5) is 19.4. The van der Waals surface area contributed by atoms with Gasteiger partial charge < -0.3 is 9.73 Å². The van der Waals surface area contributed by atoms with Gasteiger partial charge in [0.15, 0.2) is 0 Å². The zero-order valence-electron chi connectivity index (χ0n) is 16.8. The van der Waals surface area contributed by atoms with E-state index in [0.29, 0.717) is 25.2 Å². The average Bonchev–Trinajstić information content (AvgIpc) is 3.13. The van der Waals surface area contributed by atoms with Crippen LogP contribution < -0.4 is 5.32 Å². The van der Waals surface area contributed by atoms with Gasteiger partial charge in [0.25, 0.3) is 0 Å². The van der Waals surface area contributed by atoms with E-state index in [1.54, 1.807) is 11.3 Å². The van der Waals surface area contributed by atoms with Crippen LogP contribution in [0.3, 0.4) is 0 Å². The first-order valence-electron chi connectivity index (χ1n) is 10.1. The highest BCUT2D eigenvalue weighted by molar-refractivity contribution is 7.18. The van der Waals surface area contributed by atoms with E-state index in [4.69, 9.17) is 9.68 Å². The highest BCUT2D eigenvalue weighted by atomic mass is 32.1. The zero-order valence-corrected chi connectivity index (χ0v) is 18.5. The quantitative estimate of drug-likeness (QED) is 0.452. The highest BCUT2D eigenvalue weighted by Gasteiger charge is 2.44. The monoisotopic (exact) mass is 449 g/mol. The summed E-state index contributed by atoms with van der Waals surface area (Å²) in [7, 11) is 0. The maximum absolute atomic E-state index is 12.1. The Bertz CT molecular complexity index is 1310. The molecule has 5 rings (SSSR count). The molecule has 0 aliphatic heterocycles. The Hall–Kier alpha value is -3.09. The third kappa shape index (κ3) is 4.22. The van der Waals surface area contributed by atoms with Crippen molar-refractivity contribution in [3.05, 3.63) is 52.0 Å². The first kappa shape index (κ1) is 19.8. The fraction of sp³-hybridized carbons (Fsp3) is 0.318. The molecular formula is C22H19N5O2S2. The molecule has 0 saturated heterocycles. The Morgan fingerprint density at radius 3 is 2.81 bits per heavy atom. The summed E-state index contributed by atoms with van der Waals surface area (Å²) in [6, 6.07) is 12.8. The molecule has 0 radical (unpaired) electrons. The Balaban J connectivity index is 1.27. The van der Waals surface area contributed by atoms with Gasteiger partial charge in [0.2, 0.25) is 17.7 Å². The molecule has 31 heavy (non-hydrogen) atoms. The lowest BCUT2D eigenvalue weighted by atomic mass is 10.2. The molecule has 3 heterocycles. The topological polar surface area (TPSA) is 105 Å². The van der Waals surface area contributed by atoms with Gasteiger partial charge in [0.05, 0.1) is 22.7 Å². The smallest absolute Gasteiger partial charge is 0.230 e. The van der Waals surface area contributed by atoms with Gasteiger partial charge in [-0.1, -0.05) is 13.0 Å². The van der Waals surface area contributed by atoms with Crippen LogP contribution in [0.25, 0.3) is 20.7 Å². The van der Waals surface area contributed by atoms with Crippen LogP contribution in [0.1, 0.15) is 41.4 Å². The molecule has 0 unspecified atom stereocenters. The average molecular weight is 450 g/mol. The second-order valence-corrected chi connectivity index (χ2v) is 9.88. The molecule has 0 spiro atoms. The summed E-state index contributed by atoms with van der Waals surface area (Å²) in [6.07, 6.45) is 2.82. The summed E-state index contributed by atoms with van der Waals surface area (Å²) in [5, 5.41) is 20.7. The molecule has 3 aromatic heterocycles. The lowest BCUT2D eigenvalue weighted by Gasteiger charge is -2.06. The minimum atomic E-state index is -0.693. The minimum Gasteiger partial charge on any atom is -0.424 e. The van der Waals surface area contributed by atoms with Crippen LogP contribution in [0.5, 0.6) is 0 Å². The van der Waals surface area contributed by atoms with Crippen molar-refractivity contribution in [3.63, 3.8) is 0 Å². The molecule has 7 nitrogen and oxygen atoms in total. The largest absolute Gasteiger partial charge is 0.424 e. The third-order valence-electron chi connectivity index (χ3n) is 5.19. The summed E-state index contributed by atoms with van der Waals surface area (Å²) in [5.41, 5.74) is 1.45. The number of aromatic nitrogens is 3. The SMILES string of the molecule is CCc1ccc(-c2ccc3nc(Cc4nnc(CC(=O)NC5(C#N)CC5)o4)sc3c2)s1. The van der Waals surface area contributed by atoms with Crippen molar-refractivity contribution < 1.29 is 9.21 Å². The molecule has 4 aromatic rings. The Morgan fingerprint density at radius 2 is 2.06 bits per heavy atom. The van der Waals surface area contributed by atoms with E-state index in [1.807, 2.05) is 17.4 Å². The molecule has 1 saturated carbocycles. The molecule has 1 aliphatic carbocycles. The van der Waals surface area contributed by atoms with E-state index < -0.39 is 5.54 Å². The number of nitriles is 1. The Morgan fingerprint density at radius 1 is 1.23 bits per heavy atom. The molecule has 0 bridgehead atoms. The van der Waals surface area contributed by atoms with Crippen molar-refractivity contribution in [3.8, 4) is 16.5 Å². The van der Waals surface area contributed by atoms with E-state index in [9.17, 15) is 4.79 Å². The molecule has 1 fully saturated rings. The normalized spacial score (nSPS) is 14.5. The van der Waals surface area contributed by atoms with Crippen molar-refractivity contribution in [2.75, 3.05) is 0 Å².